The zero-order valence-corrected chi connectivity index (χ0v) is 14.0. The van der Waals surface area contributed by atoms with Crippen LogP contribution in [-0.4, -0.2) is 22.3 Å². The highest BCUT2D eigenvalue weighted by Crippen LogP contribution is 2.31. The molecule has 0 saturated heterocycles. The molecule has 0 bridgehead atoms. The van der Waals surface area contributed by atoms with E-state index in [1.165, 1.54) is 64.2 Å². The summed E-state index contributed by atoms with van der Waals surface area (Å²) in [5.41, 5.74) is 0. The lowest BCUT2D eigenvalue weighted by Gasteiger charge is -2.05. The molecule has 0 amide bonds. The Hall–Kier alpha value is -1.03. The fraction of sp³-hybridized carbons (Fsp3) is 0.833. The molecule has 1 rings (SSSR count). The van der Waals surface area contributed by atoms with Crippen molar-refractivity contribution in [1.82, 2.24) is 0 Å². The summed E-state index contributed by atoms with van der Waals surface area (Å²) in [6, 6.07) is 0. The van der Waals surface area contributed by atoms with Gasteiger partial charge in [0.25, 0.3) is 5.76 Å². The van der Waals surface area contributed by atoms with Gasteiger partial charge in [-0.3, -0.25) is 0 Å². The van der Waals surface area contributed by atoms with E-state index in [4.69, 9.17) is 9.84 Å². The second-order valence-corrected chi connectivity index (χ2v) is 6.29. The van der Waals surface area contributed by atoms with Crippen molar-refractivity contribution in [1.29, 1.82) is 0 Å². The molecule has 0 aromatic carbocycles. The number of carboxylic acids is 1. The second-order valence-electron chi connectivity index (χ2n) is 6.29. The number of rotatable bonds is 15. The number of ether oxygens (including phenoxy) is 1. The Morgan fingerprint density at radius 1 is 0.909 bits per heavy atom. The molecule has 0 aliphatic carbocycles. The quantitative estimate of drug-likeness (QED) is 0.427. The highest BCUT2D eigenvalue weighted by Gasteiger charge is 2.36. The number of unbranched alkanes of at least 4 members (excludes halogenated alkanes) is 11. The van der Waals surface area contributed by atoms with Crippen molar-refractivity contribution >= 4 is 5.97 Å². The van der Waals surface area contributed by atoms with Gasteiger partial charge in [-0.15, -0.1) is 0 Å². The molecule has 1 atom stereocenters. The lowest BCUT2D eigenvalue weighted by Crippen LogP contribution is -2.04. The van der Waals surface area contributed by atoms with Crippen LogP contribution < -0.4 is 0 Å². The summed E-state index contributed by atoms with van der Waals surface area (Å²) in [5.74, 6) is -0.884. The third kappa shape index (κ3) is 8.42. The van der Waals surface area contributed by atoms with Crippen molar-refractivity contribution in [3.63, 3.8) is 0 Å². The zero-order valence-electron chi connectivity index (χ0n) is 14.0. The molecule has 0 fully saturated rings. The Bertz CT molecular complexity index is 349. The van der Waals surface area contributed by atoms with E-state index in [0.717, 1.165) is 12.8 Å². The van der Waals surface area contributed by atoms with Gasteiger partial charge in [0.2, 0.25) is 0 Å². The van der Waals surface area contributed by atoms with E-state index in [0.29, 0.717) is 6.42 Å². The summed E-state index contributed by atoms with van der Waals surface area (Å²) in [7, 11) is 0. The maximum atomic E-state index is 10.6. The Morgan fingerprint density at radius 3 is 1.77 bits per heavy atom. The highest BCUT2D eigenvalue weighted by atomic mass is 16.6. The average molecular weight is 312 g/mol. The van der Waals surface area contributed by atoms with Crippen LogP contribution in [0.1, 0.15) is 90.4 Å². The van der Waals surface area contributed by atoms with Gasteiger partial charge in [-0.2, -0.15) is 0 Å². The molecule has 0 aromatic rings. The molecule has 4 heteroatoms. The summed E-state index contributed by atoms with van der Waals surface area (Å²) >= 11 is 0. The first-order chi connectivity index (χ1) is 10.7. The molecule has 22 heavy (non-hydrogen) atoms. The van der Waals surface area contributed by atoms with Gasteiger partial charge in [0, 0.05) is 0 Å². The van der Waals surface area contributed by atoms with Crippen LogP contribution in [0.15, 0.2) is 11.5 Å². The standard InChI is InChI=1S/C18H32O4/c1-2-3-4-5-6-7-8-9-10-11-12-13-14-15(19)16-17(22-16)18(20)21/h15,19H,2-14H2,1H3,(H,20,21). The van der Waals surface area contributed by atoms with Gasteiger partial charge in [-0.05, 0) is 6.42 Å². The van der Waals surface area contributed by atoms with Crippen molar-refractivity contribution < 1.29 is 19.7 Å². The molecule has 128 valence electrons. The summed E-state index contributed by atoms with van der Waals surface area (Å²) in [6.45, 7) is 2.25. The van der Waals surface area contributed by atoms with E-state index in [2.05, 4.69) is 6.92 Å². The van der Waals surface area contributed by atoms with Crippen molar-refractivity contribution in [2.45, 2.75) is 96.5 Å². The van der Waals surface area contributed by atoms with Crippen molar-refractivity contribution in [3.8, 4) is 0 Å². The molecule has 1 heterocycles. The van der Waals surface area contributed by atoms with Crippen LogP contribution in [0.4, 0.5) is 0 Å². The third-order valence-corrected chi connectivity index (χ3v) is 4.22. The summed E-state index contributed by atoms with van der Waals surface area (Å²) in [4.78, 5) is 10.6. The topological polar surface area (TPSA) is 70.1 Å². The maximum Gasteiger partial charge on any atom is 0.375 e. The molecule has 0 spiro atoms. The van der Waals surface area contributed by atoms with Crippen LogP contribution in [-0.2, 0) is 9.53 Å². The second kappa shape index (κ2) is 11.5. The number of hydrogen-bond acceptors (Lipinski definition) is 3. The first-order valence-electron chi connectivity index (χ1n) is 9.00. The molecule has 0 radical (unpaired) electrons. The van der Waals surface area contributed by atoms with E-state index in [1.807, 2.05) is 0 Å². The lowest BCUT2D eigenvalue weighted by molar-refractivity contribution is -0.133. The van der Waals surface area contributed by atoms with E-state index < -0.39 is 12.1 Å². The normalized spacial score (nSPS) is 14.8. The number of aliphatic hydroxyl groups excluding tert-OH is 1. The molecule has 4 nitrogen and oxygen atoms in total. The Kier molecular flexibility index (Phi) is 9.96. The smallest absolute Gasteiger partial charge is 0.375 e. The highest BCUT2D eigenvalue weighted by molar-refractivity contribution is 5.88. The summed E-state index contributed by atoms with van der Waals surface area (Å²) in [5, 5.41) is 18.4. The molecule has 1 aliphatic rings. The van der Waals surface area contributed by atoms with Gasteiger partial charge in [0.05, 0.1) is 0 Å². The minimum absolute atomic E-state index is 0.0635. The van der Waals surface area contributed by atoms with Gasteiger partial charge in [-0.1, -0.05) is 84.0 Å². The Balaban J connectivity index is 1.81. The number of carboxylic acid groups (broad SMARTS) is 1. The van der Waals surface area contributed by atoms with E-state index in [1.54, 1.807) is 0 Å². The van der Waals surface area contributed by atoms with Crippen LogP contribution in [0.2, 0.25) is 0 Å². The minimum atomic E-state index is -1.08. The van der Waals surface area contributed by atoms with Crippen LogP contribution in [0, 0.1) is 0 Å². The molecule has 1 aliphatic heterocycles. The molecular formula is C18H32O4. The monoisotopic (exact) mass is 312 g/mol. The van der Waals surface area contributed by atoms with Crippen LogP contribution in [0.3, 0.4) is 0 Å². The fourth-order valence-corrected chi connectivity index (χ4v) is 2.76. The average Bonchev–Trinajstić information content (AvgIpc) is 3.29. The lowest BCUT2D eigenvalue weighted by atomic mass is 10.0. The van der Waals surface area contributed by atoms with Gasteiger partial charge in [-0.25, -0.2) is 4.79 Å². The number of aliphatic hydroxyl groups is 1. The largest absolute Gasteiger partial charge is 0.475 e. The van der Waals surface area contributed by atoms with Crippen molar-refractivity contribution in [2.24, 2.45) is 0 Å². The van der Waals surface area contributed by atoms with E-state index in [-0.39, 0.29) is 11.5 Å². The SMILES string of the molecule is CCCCCCCCCCCCCCC(O)C1=C(C(=O)O)O1. The van der Waals surface area contributed by atoms with Gasteiger partial charge >= 0.3 is 5.97 Å². The van der Waals surface area contributed by atoms with Crippen LogP contribution in [0.25, 0.3) is 0 Å². The van der Waals surface area contributed by atoms with E-state index in [9.17, 15) is 9.90 Å². The zero-order chi connectivity index (χ0) is 16.2. The number of aliphatic carboxylic acids is 1. The maximum absolute atomic E-state index is 10.6. The molecule has 1 unspecified atom stereocenters. The van der Waals surface area contributed by atoms with Gasteiger partial charge in [0.15, 0.2) is 5.76 Å². The molecular weight excluding hydrogens is 280 g/mol. The fourth-order valence-electron chi connectivity index (χ4n) is 2.76. The molecule has 2 N–H and O–H groups in total. The molecule has 0 saturated carbocycles. The summed E-state index contributed by atoms with van der Waals surface area (Å²) in [6.07, 6.45) is 15.3. The summed E-state index contributed by atoms with van der Waals surface area (Å²) < 4.78 is 4.78. The Labute approximate surface area is 134 Å². The van der Waals surface area contributed by atoms with Crippen LogP contribution in [0.5, 0.6) is 0 Å². The first kappa shape index (κ1) is 19.0. The number of carbonyl (C=O) groups is 1. The van der Waals surface area contributed by atoms with Crippen LogP contribution >= 0.6 is 0 Å². The van der Waals surface area contributed by atoms with Crippen molar-refractivity contribution in [2.75, 3.05) is 0 Å². The number of hydrogen-bond donors (Lipinski definition) is 2. The predicted octanol–water partition coefficient (Wildman–Crippen LogP) is 4.76. The third-order valence-electron chi connectivity index (χ3n) is 4.22. The Morgan fingerprint density at radius 2 is 1.36 bits per heavy atom. The predicted molar refractivity (Wildman–Crippen MR) is 87.4 cm³/mol. The minimum Gasteiger partial charge on any atom is -0.475 e. The van der Waals surface area contributed by atoms with Gasteiger partial charge in [0.1, 0.15) is 6.10 Å². The molecule has 0 aromatic heterocycles. The van der Waals surface area contributed by atoms with Crippen molar-refractivity contribution in [3.05, 3.63) is 11.5 Å². The van der Waals surface area contributed by atoms with Gasteiger partial charge < -0.3 is 14.9 Å². The van der Waals surface area contributed by atoms with E-state index >= 15 is 0 Å². The first-order valence-corrected chi connectivity index (χ1v) is 9.00.